The molecule has 0 aromatic carbocycles. The third-order valence-electron chi connectivity index (χ3n) is 3.69. The number of hydrogen-bond donors (Lipinski definition) is 0. The van der Waals surface area contributed by atoms with Crippen LogP contribution in [0.25, 0.3) is 0 Å². The molecule has 0 spiro atoms. The lowest BCUT2D eigenvalue weighted by Gasteiger charge is -2.36. The highest BCUT2D eigenvalue weighted by molar-refractivity contribution is 6.29. The van der Waals surface area contributed by atoms with Gasteiger partial charge in [-0.25, -0.2) is 0 Å². The van der Waals surface area contributed by atoms with Crippen molar-refractivity contribution >= 4 is 29.1 Å². The van der Waals surface area contributed by atoms with Crippen LogP contribution in [0.5, 0.6) is 0 Å². The molecule has 1 aromatic heterocycles. The fourth-order valence-corrected chi connectivity index (χ4v) is 3.56. The molecule has 92 valence electrons. The fourth-order valence-electron chi connectivity index (χ4n) is 3.00. The lowest BCUT2D eigenvalue weighted by molar-refractivity contribution is 0.0567. The highest BCUT2D eigenvalue weighted by atomic mass is 35.5. The van der Waals surface area contributed by atoms with E-state index in [2.05, 4.69) is 0 Å². The predicted octanol–water partition coefficient (Wildman–Crippen LogP) is 3.31. The van der Waals surface area contributed by atoms with Gasteiger partial charge in [0.05, 0.1) is 0 Å². The second-order valence-corrected chi connectivity index (χ2v) is 5.76. The average molecular weight is 274 g/mol. The van der Waals surface area contributed by atoms with Crippen molar-refractivity contribution in [2.75, 3.05) is 0 Å². The third kappa shape index (κ3) is 1.95. The van der Waals surface area contributed by atoms with Gasteiger partial charge in [0.2, 0.25) is 0 Å². The maximum absolute atomic E-state index is 12.3. The van der Waals surface area contributed by atoms with Crippen LogP contribution in [0, 0.1) is 0 Å². The summed E-state index contributed by atoms with van der Waals surface area (Å²) >= 11 is 11.9. The van der Waals surface area contributed by atoms with Gasteiger partial charge in [-0.1, -0.05) is 0 Å². The summed E-state index contributed by atoms with van der Waals surface area (Å²) in [7, 11) is 0. The molecule has 0 aliphatic carbocycles. The zero-order chi connectivity index (χ0) is 12.0. The third-order valence-corrected chi connectivity index (χ3v) is 4.25. The van der Waals surface area contributed by atoms with E-state index in [0.717, 1.165) is 25.7 Å². The van der Waals surface area contributed by atoms with E-state index in [-0.39, 0.29) is 28.6 Å². The fraction of sp³-hybridized carbons (Fsp3) is 0.583. The Balaban J connectivity index is 1.83. The number of furan rings is 1. The Kier molecular flexibility index (Phi) is 2.83. The van der Waals surface area contributed by atoms with Crippen molar-refractivity contribution in [3.05, 3.63) is 23.1 Å². The van der Waals surface area contributed by atoms with Crippen molar-refractivity contribution in [3.8, 4) is 0 Å². The van der Waals surface area contributed by atoms with E-state index >= 15 is 0 Å². The molecule has 1 aromatic rings. The van der Waals surface area contributed by atoms with Crippen molar-refractivity contribution in [3.63, 3.8) is 0 Å². The molecule has 0 N–H and O–H groups in total. The Morgan fingerprint density at radius 2 is 1.94 bits per heavy atom. The Bertz CT molecular complexity index is 431. The summed E-state index contributed by atoms with van der Waals surface area (Å²) in [4.78, 5) is 14.2. The van der Waals surface area contributed by atoms with Gasteiger partial charge in [-0.3, -0.25) is 4.79 Å². The van der Waals surface area contributed by atoms with Gasteiger partial charge < -0.3 is 9.32 Å². The van der Waals surface area contributed by atoms with Crippen molar-refractivity contribution in [2.24, 2.45) is 0 Å². The Hall–Kier alpha value is -0.670. The molecule has 2 fully saturated rings. The topological polar surface area (TPSA) is 33.5 Å². The zero-order valence-corrected chi connectivity index (χ0v) is 10.7. The van der Waals surface area contributed by atoms with Gasteiger partial charge in [0, 0.05) is 17.5 Å². The minimum Gasteiger partial charge on any atom is -0.440 e. The SMILES string of the molecule is O=C(c1ccc(Cl)o1)N1C2CCC1CC(Cl)C2. The molecule has 2 atom stereocenters. The van der Waals surface area contributed by atoms with Crippen LogP contribution in [0.15, 0.2) is 16.5 Å². The summed E-state index contributed by atoms with van der Waals surface area (Å²) in [6.07, 6.45) is 3.87. The van der Waals surface area contributed by atoms with Crippen LogP contribution in [0.4, 0.5) is 0 Å². The molecule has 5 heteroatoms. The van der Waals surface area contributed by atoms with Crippen LogP contribution in [-0.4, -0.2) is 28.3 Å². The summed E-state index contributed by atoms with van der Waals surface area (Å²) in [5, 5.41) is 0.463. The number of nitrogens with zero attached hydrogens (tertiary/aromatic N) is 1. The number of hydrogen-bond acceptors (Lipinski definition) is 2. The summed E-state index contributed by atoms with van der Waals surface area (Å²) in [6, 6.07) is 3.78. The van der Waals surface area contributed by atoms with Crippen LogP contribution in [0.2, 0.25) is 5.22 Å². The molecular weight excluding hydrogens is 261 g/mol. The number of carbonyl (C=O) groups excluding carboxylic acids is 1. The van der Waals surface area contributed by atoms with Crippen LogP contribution >= 0.6 is 23.2 Å². The van der Waals surface area contributed by atoms with Crippen LogP contribution in [0.1, 0.15) is 36.2 Å². The first kappa shape index (κ1) is 11.4. The maximum Gasteiger partial charge on any atom is 0.290 e. The van der Waals surface area contributed by atoms with Gasteiger partial charge in [-0.2, -0.15) is 0 Å². The second-order valence-electron chi connectivity index (χ2n) is 4.77. The highest BCUT2D eigenvalue weighted by Crippen LogP contribution is 2.38. The molecule has 3 rings (SSSR count). The van der Waals surface area contributed by atoms with E-state index in [9.17, 15) is 4.79 Å². The maximum atomic E-state index is 12.3. The van der Waals surface area contributed by atoms with E-state index in [1.54, 1.807) is 12.1 Å². The molecule has 2 aliphatic heterocycles. The molecule has 3 nitrogen and oxygen atoms in total. The lowest BCUT2D eigenvalue weighted by atomic mass is 10.0. The zero-order valence-electron chi connectivity index (χ0n) is 9.23. The summed E-state index contributed by atoms with van der Waals surface area (Å²) in [5.41, 5.74) is 0. The van der Waals surface area contributed by atoms with Gasteiger partial charge >= 0.3 is 0 Å². The van der Waals surface area contributed by atoms with E-state index in [0.29, 0.717) is 5.76 Å². The minimum absolute atomic E-state index is 0.0482. The van der Waals surface area contributed by atoms with E-state index in [1.807, 2.05) is 4.90 Å². The van der Waals surface area contributed by atoms with Crippen molar-refractivity contribution in [1.82, 2.24) is 4.90 Å². The number of fused-ring (bicyclic) bond motifs is 2. The molecule has 0 saturated carbocycles. The average Bonchev–Trinajstić information content (AvgIpc) is 2.81. The first-order valence-corrected chi connectivity index (χ1v) is 6.68. The number of halogens is 2. The Labute approximate surface area is 110 Å². The molecular formula is C12H13Cl2NO2. The normalized spacial score (nSPS) is 31.9. The van der Waals surface area contributed by atoms with Crippen LogP contribution in [0.3, 0.4) is 0 Å². The number of piperidine rings is 1. The number of rotatable bonds is 1. The number of amides is 1. The first-order valence-electron chi connectivity index (χ1n) is 5.87. The van der Waals surface area contributed by atoms with Gasteiger partial charge in [-0.05, 0) is 49.4 Å². The molecule has 2 unspecified atom stereocenters. The van der Waals surface area contributed by atoms with Crippen molar-refractivity contribution < 1.29 is 9.21 Å². The summed E-state index contributed by atoms with van der Waals surface area (Å²) in [5.74, 6) is 0.285. The lowest BCUT2D eigenvalue weighted by Crippen LogP contribution is -2.46. The molecule has 2 saturated heterocycles. The Morgan fingerprint density at radius 3 is 2.47 bits per heavy atom. The van der Waals surface area contributed by atoms with Crippen molar-refractivity contribution in [2.45, 2.75) is 43.1 Å². The quantitative estimate of drug-likeness (QED) is 0.736. The molecule has 17 heavy (non-hydrogen) atoms. The van der Waals surface area contributed by atoms with Gasteiger partial charge in [-0.15, -0.1) is 11.6 Å². The molecule has 0 radical (unpaired) electrons. The molecule has 2 bridgehead atoms. The monoisotopic (exact) mass is 273 g/mol. The van der Waals surface area contributed by atoms with Crippen LogP contribution < -0.4 is 0 Å². The molecule has 2 aliphatic rings. The van der Waals surface area contributed by atoms with Gasteiger partial charge in [0.25, 0.3) is 5.91 Å². The number of carbonyl (C=O) groups is 1. The molecule has 3 heterocycles. The largest absolute Gasteiger partial charge is 0.440 e. The van der Waals surface area contributed by atoms with Gasteiger partial charge in [0.15, 0.2) is 11.0 Å². The van der Waals surface area contributed by atoms with E-state index in [4.69, 9.17) is 27.6 Å². The second kappa shape index (κ2) is 4.21. The highest BCUT2D eigenvalue weighted by Gasteiger charge is 2.43. The smallest absolute Gasteiger partial charge is 0.290 e. The summed E-state index contributed by atoms with van der Waals surface area (Å²) < 4.78 is 5.19. The molecule has 1 amide bonds. The van der Waals surface area contributed by atoms with Gasteiger partial charge in [0.1, 0.15) is 0 Å². The number of alkyl halides is 1. The first-order chi connectivity index (χ1) is 8.15. The van der Waals surface area contributed by atoms with E-state index < -0.39 is 0 Å². The summed E-state index contributed by atoms with van der Waals surface area (Å²) in [6.45, 7) is 0. The standard InChI is InChI=1S/C12H13Cl2NO2/c13-7-5-8-1-2-9(6-7)15(8)12(16)10-3-4-11(14)17-10/h3-4,7-9H,1-2,5-6H2. The Morgan fingerprint density at radius 1 is 1.29 bits per heavy atom. The van der Waals surface area contributed by atoms with E-state index in [1.165, 1.54) is 0 Å². The van der Waals surface area contributed by atoms with Crippen LogP contribution in [-0.2, 0) is 0 Å². The minimum atomic E-state index is -0.0482. The van der Waals surface area contributed by atoms with Crippen molar-refractivity contribution in [1.29, 1.82) is 0 Å². The predicted molar refractivity (Wildman–Crippen MR) is 65.6 cm³/mol.